The van der Waals surface area contributed by atoms with Crippen molar-refractivity contribution in [2.45, 2.75) is 39.0 Å². The number of carbonyl (C=O) groups excluding carboxylic acids is 1. The average molecular weight is 281 g/mol. The van der Waals surface area contributed by atoms with Crippen molar-refractivity contribution in [3.63, 3.8) is 0 Å². The predicted molar refractivity (Wildman–Crippen MR) is 81.1 cm³/mol. The van der Waals surface area contributed by atoms with E-state index in [0.717, 1.165) is 37.3 Å². The second kappa shape index (κ2) is 6.80. The number of nitrogens with zero attached hydrogens (tertiary/aromatic N) is 1. The van der Waals surface area contributed by atoms with Crippen LogP contribution in [0.4, 0.5) is 11.4 Å². The van der Waals surface area contributed by atoms with E-state index in [0.29, 0.717) is 11.4 Å². The number of nitrogens with one attached hydrogen (secondary N) is 1. The lowest BCUT2D eigenvalue weighted by molar-refractivity contribution is -0.116. The molecule has 1 aromatic carbocycles. The molecule has 1 aromatic rings. The first-order valence-electron chi connectivity index (χ1n) is 7.05. The molecular formula is C15H21ClN2O. The summed E-state index contributed by atoms with van der Waals surface area (Å²) in [6.45, 7) is 4.25. The van der Waals surface area contributed by atoms with E-state index in [-0.39, 0.29) is 5.91 Å². The summed E-state index contributed by atoms with van der Waals surface area (Å²) in [5.41, 5.74) is 1.87. The zero-order chi connectivity index (χ0) is 13.7. The van der Waals surface area contributed by atoms with Gasteiger partial charge in [-0.3, -0.25) is 4.79 Å². The minimum absolute atomic E-state index is 0.0438. The van der Waals surface area contributed by atoms with E-state index < -0.39 is 0 Å². The smallest absolute Gasteiger partial charge is 0.224 e. The molecule has 1 aliphatic rings. The lowest BCUT2D eigenvalue weighted by Gasteiger charge is -2.19. The third kappa shape index (κ3) is 3.87. The predicted octanol–water partition coefficient (Wildman–Crippen LogP) is 4.07. The van der Waals surface area contributed by atoms with Crippen LogP contribution in [0.25, 0.3) is 0 Å². The van der Waals surface area contributed by atoms with Crippen molar-refractivity contribution in [3.8, 4) is 0 Å². The first-order chi connectivity index (χ1) is 9.20. The Morgan fingerprint density at radius 3 is 2.79 bits per heavy atom. The Morgan fingerprint density at radius 2 is 2.11 bits per heavy atom. The molecule has 1 saturated heterocycles. The Balaban J connectivity index is 2.06. The van der Waals surface area contributed by atoms with Crippen LogP contribution in [-0.2, 0) is 4.79 Å². The first-order valence-corrected chi connectivity index (χ1v) is 7.43. The number of benzene rings is 1. The van der Waals surface area contributed by atoms with Crippen LogP contribution in [0.2, 0.25) is 5.02 Å². The van der Waals surface area contributed by atoms with Crippen LogP contribution in [0, 0.1) is 0 Å². The molecule has 19 heavy (non-hydrogen) atoms. The Kier molecular flexibility index (Phi) is 5.08. The Hall–Kier alpha value is -1.22. The highest BCUT2D eigenvalue weighted by Gasteiger charge is 2.14. The molecule has 0 radical (unpaired) electrons. The van der Waals surface area contributed by atoms with Crippen molar-refractivity contribution in [1.29, 1.82) is 0 Å². The van der Waals surface area contributed by atoms with Gasteiger partial charge in [0.2, 0.25) is 5.91 Å². The fraction of sp³-hybridized carbons (Fsp3) is 0.533. The van der Waals surface area contributed by atoms with Crippen molar-refractivity contribution in [3.05, 3.63) is 23.2 Å². The molecule has 0 spiro atoms. The minimum Gasteiger partial charge on any atom is -0.371 e. The standard InChI is InChI=1S/C15H21ClN2O/c1-2-3-6-15(19)17-14-11-12(7-8-13(14)16)18-9-4-5-10-18/h7-8,11H,2-6,9-10H2,1H3,(H,17,19). The number of rotatable bonds is 5. The van der Waals surface area contributed by atoms with Crippen LogP contribution in [0.15, 0.2) is 18.2 Å². The maximum atomic E-state index is 11.8. The van der Waals surface area contributed by atoms with E-state index >= 15 is 0 Å². The van der Waals surface area contributed by atoms with Crippen LogP contribution >= 0.6 is 11.6 Å². The third-order valence-corrected chi connectivity index (χ3v) is 3.78. The van der Waals surface area contributed by atoms with Gasteiger partial charge in [0.25, 0.3) is 0 Å². The summed E-state index contributed by atoms with van der Waals surface area (Å²) in [7, 11) is 0. The van der Waals surface area contributed by atoms with Crippen LogP contribution in [0.1, 0.15) is 39.0 Å². The summed E-state index contributed by atoms with van der Waals surface area (Å²) >= 11 is 6.15. The minimum atomic E-state index is 0.0438. The number of unbranched alkanes of at least 4 members (excludes halogenated alkanes) is 1. The topological polar surface area (TPSA) is 32.3 Å². The highest BCUT2D eigenvalue weighted by atomic mass is 35.5. The van der Waals surface area contributed by atoms with Gasteiger partial charge in [0.1, 0.15) is 0 Å². The van der Waals surface area contributed by atoms with E-state index in [1.807, 2.05) is 18.2 Å². The summed E-state index contributed by atoms with van der Waals surface area (Å²) in [6, 6.07) is 5.87. The highest BCUT2D eigenvalue weighted by molar-refractivity contribution is 6.33. The largest absolute Gasteiger partial charge is 0.371 e. The lowest BCUT2D eigenvalue weighted by atomic mass is 10.2. The molecular weight excluding hydrogens is 260 g/mol. The van der Waals surface area contributed by atoms with Gasteiger partial charge < -0.3 is 10.2 Å². The molecule has 1 fully saturated rings. The third-order valence-electron chi connectivity index (χ3n) is 3.45. The van der Waals surface area contributed by atoms with Crippen LogP contribution in [0.3, 0.4) is 0 Å². The second-order valence-corrected chi connectivity index (χ2v) is 5.42. The average Bonchev–Trinajstić information content (AvgIpc) is 2.93. The molecule has 4 heteroatoms. The van der Waals surface area contributed by atoms with Gasteiger partial charge in [0.15, 0.2) is 0 Å². The molecule has 104 valence electrons. The van der Waals surface area contributed by atoms with Gasteiger partial charge in [0, 0.05) is 25.2 Å². The number of halogens is 1. The van der Waals surface area contributed by atoms with Crippen molar-refractivity contribution in [2.75, 3.05) is 23.3 Å². The van der Waals surface area contributed by atoms with Crippen molar-refractivity contribution >= 4 is 28.9 Å². The van der Waals surface area contributed by atoms with Crippen LogP contribution in [0.5, 0.6) is 0 Å². The monoisotopic (exact) mass is 280 g/mol. The summed E-state index contributed by atoms with van der Waals surface area (Å²) in [5.74, 6) is 0.0438. The molecule has 1 heterocycles. The number of hydrogen-bond acceptors (Lipinski definition) is 2. The van der Waals surface area contributed by atoms with Gasteiger partial charge in [-0.25, -0.2) is 0 Å². The van der Waals surface area contributed by atoms with Gasteiger partial charge in [0.05, 0.1) is 10.7 Å². The molecule has 0 atom stereocenters. The maximum Gasteiger partial charge on any atom is 0.224 e. The fourth-order valence-corrected chi connectivity index (χ4v) is 2.50. The van der Waals surface area contributed by atoms with E-state index in [4.69, 9.17) is 11.6 Å². The zero-order valence-electron chi connectivity index (χ0n) is 11.4. The van der Waals surface area contributed by atoms with E-state index in [1.165, 1.54) is 12.8 Å². The van der Waals surface area contributed by atoms with Gasteiger partial charge in [-0.2, -0.15) is 0 Å². The van der Waals surface area contributed by atoms with Gasteiger partial charge in [-0.05, 0) is 37.5 Å². The second-order valence-electron chi connectivity index (χ2n) is 5.01. The van der Waals surface area contributed by atoms with E-state index in [2.05, 4.69) is 17.1 Å². The lowest BCUT2D eigenvalue weighted by Crippen LogP contribution is -2.18. The van der Waals surface area contributed by atoms with E-state index in [1.54, 1.807) is 0 Å². The molecule has 0 unspecified atom stereocenters. The molecule has 0 saturated carbocycles. The number of hydrogen-bond donors (Lipinski definition) is 1. The molecule has 3 nitrogen and oxygen atoms in total. The SMILES string of the molecule is CCCCC(=O)Nc1cc(N2CCCC2)ccc1Cl. The zero-order valence-corrected chi connectivity index (χ0v) is 12.2. The molecule has 0 aliphatic carbocycles. The maximum absolute atomic E-state index is 11.8. The number of amides is 1. The summed E-state index contributed by atoms with van der Waals surface area (Å²) in [6.07, 6.45) is 4.96. The molecule has 0 bridgehead atoms. The van der Waals surface area contributed by atoms with Crippen LogP contribution in [-0.4, -0.2) is 19.0 Å². The molecule has 1 N–H and O–H groups in total. The van der Waals surface area contributed by atoms with Crippen molar-refractivity contribution in [1.82, 2.24) is 0 Å². The number of carbonyl (C=O) groups is 1. The summed E-state index contributed by atoms with van der Waals surface area (Å²) in [4.78, 5) is 14.1. The fourth-order valence-electron chi connectivity index (χ4n) is 2.33. The molecule has 0 aromatic heterocycles. The first kappa shape index (κ1) is 14.2. The summed E-state index contributed by atoms with van der Waals surface area (Å²) in [5, 5.41) is 3.52. The van der Waals surface area contributed by atoms with Gasteiger partial charge in [-0.15, -0.1) is 0 Å². The Labute approximate surface area is 119 Å². The molecule has 1 amide bonds. The van der Waals surface area contributed by atoms with Gasteiger partial charge >= 0.3 is 0 Å². The van der Waals surface area contributed by atoms with Crippen molar-refractivity contribution < 1.29 is 4.79 Å². The molecule has 1 aliphatic heterocycles. The normalized spacial score (nSPS) is 14.7. The van der Waals surface area contributed by atoms with Gasteiger partial charge in [-0.1, -0.05) is 24.9 Å². The summed E-state index contributed by atoms with van der Waals surface area (Å²) < 4.78 is 0. The van der Waals surface area contributed by atoms with Crippen molar-refractivity contribution in [2.24, 2.45) is 0 Å². The quantitative estimate of drug-likeness (QED) is 0.882. The number of anilines is 2. The van der Waals surface area contributed by atoms with Crippen LogP contribution < -0.4 is 10.2 Å². The Morgan fingerprint density at radius 1 is 1.37 bits per heavy atom. The highest BCUT2D eigenvalue weighted by Crippen LogP contribution is 2.29. The molecule has 2 rings (SSSR count). The van der Waals surface area contributed by atoms with E-state index in [9.17, 15) is 4.79 Å². The Bertz CT molecular complexity index is 442.